The van der Waals surface area contributed by atoms with Crippen LogP contribution in [0.4, 0.5) is 0 Å². The zero-order chi connectivity index (χ0) is 14.9. The third-order valence-electron chi connectivity index (χ3n) is 3.91. The van der Waals surface area contributed by atoms with E-state index in [1.54, 1.807) is 0 Å². The summed E-state index contributed by atoms with van der Waals surface area (Å²) in [7, 11) is 0. The van der Waals surface area contributed by atoms with Crippen LogP contribution in [-0.2, 0) is 16.2 Å². The second-order valence-electron chi connectivity index (χ2n) is 5.71. The van der Waals surface area contributed by atoms with Gasteiger partial charge in [-0.2, -0.15) is 4.89 Å². The lowest BCUT2D eigenvalue weighted by Gasteiger charge is -2.18. The molecule has 1 aliphatic rings. The molecule has 1 radical (unpaired) electrons. The molecule has 0 unspecified atom stereocenters. The van der Waals surface area contributed by atoms with Crippen LogP contribution in [0.25, 0.3) is 0 Å². The minimum atomic E-state index is -0.409. The summed E-state index contributed by atoms with van der Waals surface area (Å²) in [5, 5.41) is 0. The highest BCUT2D eigenvalue weighted by Crippen LogP contribution is 2.26. The van der Waals surface area contributed by atoms with Crippen molar-refractivity contribution in [3.8, 4) is 0 Å². The van der Waals surface area contributed by atoms with E-state index in [4.69, 9.17) is 9.78 Å². The van der Waals surface area contributed by atoms with Gasteiger partial charge in [0.25, 0.3) is 0 Å². The van der Waals surface area contributed by atoms with Crippen LogP contribution in [0.5, 0.6) is 0 Å². The van der Waals surface area contributed by atoms with Crippen molar-refractivity contribution in [2.45, 2.75) is 64.7 Å². The van der Waals surface area contributed by atoms with E-state index >= 15 is 0 Å². The Hall–Kier alpha value is -1.35. The first-order valence-corrected chi connectivity index (χ1v) is 8.12. The molecule has 2 rings (SSSR count). The molecule has 0 amide bonds. The van der Waals surface area contributed by atoms with Gasteiger partial charge in [-0.1, -0.05) is 51.2 Å². The summed E-state index contributed by atoms with van der Waals surface area (Å²) in [6.45, 7) is 2.20. The van der Waals surface area contributed by atoms with E-state index in [-0.39, 0.29) is 0 Å². The molecule has 0 N–H and O–H groups in total. The molecule has 3 heteroatoms. The van der Waals surface area contributed by atoms with Gasteiger partial charge in [0.15, 0.2) is 0 Å². The zero-order valence-electron chi connectivity index (χ0n) is 12.9. The van der Waals surface area contributed by atoms with Gasteiger partial charge in [-0.25, -0.2) is 4.79 Å². The first-order chi connectivity index (χ1) is 10.3. The molecular weight excluding hydrogens is 264 g/mol. The van der Waals surface area contributed by atoms with E-state index in [9.17, 15) is 4.79 Å². The molecule has 0 atom stereocenters. The highest BCUT2D eigenvalue weighted by molar-refractivity contribution is 5.88. The summed E-state index contributed by atoms with van der Waals surface area (Å²) in [6.07, 6.45) is 10.9. The van der Waals surface area contributed by atoms with Gasteiger partial charge in [0.2, 0.25) is 0 Å². The fourth-order valence-electron chi connectivity index (χ4n) is 2.56. The lowest BCUT2D eigenvalue weighted by molar-refractivity contribution is -0.239. The Balaban J connectivity index is 1.76. The standard InChI is InChI=1S/C18H25O3/c1-2-3-5-8-15-11-13-16(14-12-15)18(19)21-20-17-9-6-4-7-10-17/h11-14H,2-10H2,1H3. The molecule has 1 aromatic carbocycles. The van der Waals surface area contributed by atoms with Crippen LogP contribution in [0.3, 0.4) is 0 Å². The molecule has 3 nitrogen and oxygen atoms in total. The third kappa shape index (κ3) is 5.50. The van der Waals surface area contributed by atoms with Crippen LogP contribution in [0.15, 0.2) is 24.3 Å². The van der Waals surface area contributed by atoms with Crippen molar-refractivity contribution in [3.05, 3.63) is 41.5 Å². The van der Waals surface area contributed by atoms with Crippen LogP contribution < -0.4 is 0 Å². The Labute approximate surface area is 127 Å². The molecule has 0 spiro atoms. The zero-order valence-corrected chi connectivity index (χ0v) is 12.9. The Kier molecular flexibility index (Phi) is 6.74. The minimum Gasteiger partial charge on any atom is -0.292 e. The van der Waals surface area contributed by atoms with Crippen molar-refractivity contribution < 1.29 is 14.6 Å². The predicted molar refractivity (Wildman–Crippen MR) is 82.5 cm³/mol. The molecule has 0 heterocycles. The number of carbonyl (C=O) groups excluding carboxylic acids is 1. The molecule has 0 aliphatic heterocycles. The second kappa shape index (κ2) is 8.83. The normalized spacial score (nSPS) is 15.9. The van der Waals surface area contributed by atoms with Crippen LogP contribution in [-0.4, -0.2) is 5.97 Å². The fourth-order valence-corrected chi connectivity index (χ4v) is 2.56. The van der Waals surface area contributed by atoms with Gasteiger partial charge in [-0.15, -0.1) is 0 Å². The summed E-state index contributed by atoms with van der Waals surface area (Å²) in [4.78, 5) is 22.0. The van der Waals surface area contributed by atoms with Gasteiger partial charge in [0.05, 0.1) is 5.56 Å². The quantitative estimate of drug-likeness (QED) is 0.402. The predicted octanol–water partition coefficient (Wildman–Crippen LogP) is 5.00. The van der Waals surface area contributed by atoms with E-state index in [0.29, 0.717) is 5.56 Å². The molecule has 115 valence electrons. The number of hydrogen-bond acceptors (Lipinski definition) is 3. The van der Waals surface area contributed by atoms with E-state index < -0.39 is 5.97 Å². The highest BCUT2D eigenvalue weighted by atomic mass is 17.2. The molecule has 0 saturated heterocycles. The number of carbonyl (C=O) groups is 1. The van der Waals surface area contributed by atoms with E-state index in [2.05, 4.69) is 6.92 Å². The van der Waals surface area contributed by atoms with Gasteiger partial charge < -0.3 is 0 Å². The lowest BCUT2D eigenvalue weighted by Crippen LogP contribution is -2.13. The number of benzene rings is 1. The van der Waals surface area contributed by atoms with Crippen LogP contribution in [0.2, 0.25) is 0 Å². The largest absolute Gasteiger partial charge is 0.373 e. The van der Waals surface area contributed by atoms with E-state index in [0.717, 1.165) is 38.2 Å². The average molecular weight is 289 g/mol. The molecule has 21 heavy (non-hydrogen) atoms. The van der Waals surface area contributed by atoms with Crippen molar-refractivity contribution in [2.24, 2.45) is 0 Å². The summed E-state index contributed by atoms with van der Waals surface area (Å²) in [5.41, 5.74) is 1.81. The van der Waals surface area contributed by atoms with Crippen LogP contribution >= 0.6 is 0 Å². The lowest BCUT2D eigenvalue weighted by atomic mass is 9.98. The van der Waals surface area contributed by atoms with Gasteiger partial charge in [-0.05, 0) is 43.4 Å². The van der Waals surface area contributed by atoms with Crippen LogP contribution in [0.1, 0.15) is 74.2 Å². The van der Waals surface area contributed by atoms with Crippen molar-refractivity contribution in [3.63, 3.8) is 0 Å². The summed E-state index contributed by atoms with van der Waals surface area (Å²) < 4.78 is 0. The van der Waals surface area contributed by atoms with Crippen molar-refractivity contribution in [2.75, 3.05) is 0 Å². The Morgan fingerprint density at radius 3 is 2.43 bits per heavy atom. The first kappa shape index (κ1) is 16.0. The Morgan fingerprint density at radius 2 is 1.76 bits per heavy atom. The minimum absolute atomic E-state index is 0.409. The number of aryl methyl sites for hydroxylation is 1. The fraction of sp³-hybridized carbons (Fsp3) is 0.556. The topological polar surface area (TPSA) is 35.5 Å². The molecule has 1 aromatic rings. The van der Waals surface area contributed by atoms with Gasteiger partial charge in [0.1, 0.15) is 6.10 Å². The maximum Gasteiger partial charge on any atom is 0.373 e. The van der Waals surface area contributed by atoms with Crippen molar-refractivity contribution in [1.82, 2.24) is 0 Å². The van der Waals surface area contributed by atoms with E-state index in [1.807, 2.05) is 24.3 Å². The maximum atomic E-state index is 11.9. The van der Waals surface area contributed by atoms with Crippen LogP contribution in [0, 0.1) is 6.10 Å². The first-order valence-electron chi connectivity index (χ1n) is 8.12. The molecule has 1 fully saturated rings. The highest BCUT2D eigenvalue weighted by Gasteiger charge is 2.18. The number of unbranched alkanes of at least 4 members (excludes halogenated alkanes) is 2. The summed E-state index contributed by atoms with van der Waals surface area (Å²) >= 11 is 0. The Bertz CT molecular complexity index is 419. The van der Waals surface area contributed by atoms with Gasteiger partial charge in [-0.3, -0.25) is 4.89 Å². The number of hydrogen-bond donors (Lipinski definition) is 0. The smallest absolute Gasteiger partial charge is 0.292 e. The molecule has 1 saturated carbocycles. The Morgan fingerprint density at radius 1 is 1.05 bits per heavy atom. The second-order valence-corrected chi connectivity index (χ2v) is 5.71. The molecular formula is C18H25O3. The number of rotatable bonds is 7. The van der Waals surface area contributed by atoms with Gasteiger partial charge in [0, 0.05) is 0 Å². The third-order valence-corrected chi connectivity index (χ3v) is 3.91. The van der Waals surface area contributed by atoms with Crippen molar-refractivity contribution >= 4 is 5.97 Å². The molecule has 0 bridgehead atoms. The summed E-state index contributed by atoms with van der Waals surface area (Å²) in [6, 6.07) is 7.64. The average Bonchev–Trinajstić information content (AvgIpc) is 2.54. The van der Waals surface area contributed by atoms with Gasteiger partial charge >= 0.3 is 5.97 Å². The SMILES string of the molecule is CCCCCc1ccc(C(=O)OO[C]2CCCCC2)cc1. The summed E-state index contributed by atoms with van der Waals surface area (Å²) in [5.74, 6) is -0.409. The van der Waals surface area contributed by atoms with E-state index in [1.165, 1.54) is 31.2 Å². The monoisotopic (exact) mass is 289 g/mol. The maximum absolute atomic E-state index is 11.9. The van der Waals surface area contributed by atoms with Crippen molar-refractivity contribution in [1.29, 1.82) is 0 Å². The molecule has 1 aliphatic carbocycles. The molecule has 0 aromatic heterocycles.